The third kappa shape index (κ3) is 4.20. The van der Waals surface area contributed by atoms with Gasteiger partial charge in [0.2, 0.25) is 12.7 Å². The lowest BCUT2D eigenvalue weighted by atomic mass is 10.1. The summed E-state index contributed by atoms with van der Waals surface area (Å²) < 4.78 is 10.6. The Morgan fingerprint density at radius 3 is 2.74 bits per heavy atom. The molecule has 0 aliphatic carbocycles. The van der Waals surface area contributed by atoms with Crippen molar-refractivity contribution in [3.63, 3.8) is 0 Å². The van der Waals surface area contributed by atoms with Crippen molar-refractivity contribution in [3.05, 3.63) is 53.9 Å². The lowest BCUT2D eigenvalue weighted by Gasteiger charge is -2.28. The third-order valence-corrected chi connectivity index (χ3v) is 6.67. The van der Waals surface area contributed by atoms with Crippen LogP contribution in [0.2, 0.25) is 0 Å². The number of rotatable bonds is 6. The van der Waals surface area contributed by atoms with Crippen LogP contribution >= 0.6 is 0 Å². The summed E-state index contributed by atoms with van der Waals surface area (Å²) in [7, 11) is 0. The van der Waals surface area contributed by atoms with Gasteiger partial charge < -0.3 is 24.6 Å². The number of amides is 3. The number of carbonyl (C=O) groups excluding carboxylic acids is 4. The summed E-state index contributed by atoms with van der Waals surface area (Å²) in [6.45, 7) is 2.30. The number of aromatic nitrogens is 1. The lowest BCUT2D eigenvalue weighted by Crippen LogP contribution is -2.52. The number of nitrogens with zero attached hydrogens (tertiary/aromatic N) is 3. The molecule has 1 aromatic carbocycles. The van der Waals surface area contributed by atoms with E-state index in [0.29, 0.717) is 42.9 Å². The Hall–Kier alpha value is -3.95. The molecule has 2 saturated heterocycles. The molecular weight excluding hydrogens is 452 g/mol. The first-order valence-electron chi connectivity index (χ1n) is 11.7. The predicted molar refractivity (Wildman–Crippen MR) is 123 cm³/mol. The maximum absolute atomic E-state index is 13.5. The number of Topliss-reactive ketones (excluding diaryl/α,β-unsaturated/α-hetero) is 1. The molecule has 3 aliphatic heterocycles. The first-order chi connectivity index (χ1) is 17.0. The molecule has 35 heavy (non-hydrogen) atoms. The Morgan fingerprint density at radius 2 is 1.97 bits per heavy atom. The van der Waals surface area contributed by atoms with Gasteiger partial charge in [-0.2, -0.15) is 0 Å². The number of fused-ring (bicyclic) bond motifs is 2. The number of likely N-dealkylation sites (tertiary alicyclic amines) is 2. The highest BCUT2D eigenvalue weighted by molar-refractivity contribution is 6.03. The van der Waals surface area contributed by atoms with Crippen LogP contribution in [0.4, 0.5) is 0 Å². The second-order valence-electron chi connectivity index (χ2n) is 8.83. The predicted octanol–water partition coefficient (Wildman–Crippen LogP) is 1.40. The molecule has 2 fully saturated rings. The molecule has 10 nitrogen and oxygen atoms in total. The Bertz CT molecular complexity index is 1170. The van der Waals surface area contributed by atoms with E-state index in [1.54, 1.807) is 36.4 Å². The maximum atomic E-state index is 13.5. The minimum absolute atomic E-state index is 0.0590. The molecule has 182 valence electrons. The van der Waals surface area contributed by atoms with Gasteiger partial charge in [-0.3, -0.25) is 24.2 Å². The van der Waals surface area contributed by atoms with E-state index >= 15 is 0 Å². The van der Waals surface area contributed by atoms with Gasteiger partial charge in [-0.15, -0.1) is 0 Å². The molecule has 0 radical (unpaired) electrons. The summed E-state index contributed by atoms with van der Waals surface area (Å²) in [6.07, 6.45) is 3.12. The molecule has 1 N–H and O–H groups in total. The molecule has 2 aromatic rings. The summed E-state index contributed by atoms with van der Waals surface area (Å²) in [5.41, 5.74) is 0.622. The molecular formula is C25H26N4O6. The lowest BCUT2D eigenvalue weighted by molar-refractivity contribution is -0.138. The van der Waals surface area contributed by atoms with Crippen molar-refractivity contribution < 1.29 is 28.7 Å². The molecule has 1 aromatic heterocycles. The van der Waals surface area contributed by atoms with Gasteiger partial charge in [0.05, 0.1) is 12.6 Å². The number of carbonyl (C=O) groups is 4. The number of ether oxygens (including phenoxy) is 2. The molecule has 0 saturated carbocycles. The molecule has 3 aliphatic rings. The Balaban J connectivity index is 1.30. The van der Waals surface area contributed by atoms with Crippen LogP contribution in [0.15, 0.2) is 42.6 Å². The average molecular weight is 479 g/mol. The largest absolute Gasteiger partial charge is 0.454 e. The number of pyridine rings is 1. The van der Waals surface area contributed by atoms with Crippen molar-refractivity contribution >= 4 is 23.5 Å². The summed E-state index contributed by atoms with van der Waals surface area (Å²) >= 11 is 0. The van der Waals surface area contributed by atoms with Crippen LogP contribution in [0.5, 0.6) is 11.5 Å². The zero-order valence-corrected chi connectivity index (χ0v) is 19.3. The summed E-state index contributed by atoms with van der Waals surface area (Å²) in [6, 6.07) is 8.01. The topological polar surface area (TPSA) is 118 Å². The third-order valence-electron chi connectivity index (χ3n) is 6.67. The standard InChI is InChI=1S/C25H26N4O6/c1-2-5-17(27-23(31)15-7-8-20-21(12-15)35-14-34-20)25(33)28-11-9-18-22(28)19(30)13-29(18)24(32)16-6-3-4-10-26-16/h3-4,6-8,10,12,17-18,22H,2,5,9,11,13-14H2,1H3,(H,27,31). The fourth-order valence-electron chi connectivity index (χ4n) is 5.00. The van der Waals surface area contributed by atoms with E-state index in [9.17, 15) is 19.2 Å². The molecule has 5 rings (SSSR count). The first kappa shape index (κ1) is 22.8. The molecule has 3 amide bonds. The van der Waals surface area contributed by atoms with Crippen LogP contribution in [-0.2, 0) is 9.59 Å². The van der Waals surface area contributed by atoms with E-state index in [2.05, 4.69) is 10.3 Å². The Kier molecular flexibility index (Phi) is 6.10. The van der Waals surface area contributed by atoms with Crippen LogP contribution in [0.1, 0.15) is 47.0 Å². The van der Waals surface area contributed by atoms with Crippen LogP contribution in [0.25, 0.3) is 0 Å². The highest BCUT2D eigenvalue weighted by atomic mass is 16.7. The van der Waals surface area contributed by atoms with Crippen LogP contribution in [0.3, 0.4) is 0 Å². The highest BCUT2D eigenvalue weighted by Gasteiger charge is 2.52. The summed E-state index contributed by atoms with van der Waals surface area (Å²) in [4.78, 5) is 59.5. The normalized spacial score (nSPS) is 21.1. The maximum Gasteiger partial charge on any atom is 0.273 e. The van der Waals surface area contributed by atoms with Crippen molar-refractivity contribution in [2.75, 3.05) is 19.9 Å². The number of hydrogen-bond acceptors (Lipinski definition) is 7. The van der Waals surface area contributed by atoms with Crippen molar-refractivity contribution in [2.45, 2.75) is 44.3 Å². The minimum Gasteiger partial charge on any atom is -0.454 e. The van der Waals surface area contributed by atoms with Gasteiger partial charge in [0, 0.05) is 18.3 Å². The number of benzene rings is 1. The van der Waals surface area contributed by atoms with Gasteiger partial charge in [-0.05, 0) is 43.2 Å². The number of hydrogen-bond donors (Lipinski definition) is 1. The summed E-state index contributed by atoms with van der Waals surface area (Å²) in [5.74, 6) is -0.170. The van der Waals surface area contributed by atoms with E-state index in [1.807, 2.05) is 6.92 Å². The van der Waals surface area contributed by atoms with Gasteiger partial charge in [0.1, 0.15) is 17.8 Å². The van der Waals surface area contributed by atoms with E-state index < -0.39 is 24.0 Å². The fourth-order valence-corrected chi connectivity index (χ4v) is 5.00. The highest BCUT2D eigenvalue weighted by Crippen LogP contribution is 2.33. The van der Waals surface area contributed by atoms with Gasteiger partial charge in [-0.1, -0.05) is 19.4 Å². The van der Waals surface area contributed by atoms with Crippen LogP contribution < -0.4 is 14.8 Å². The van der Waals surface area contributed by atoms with Gasteiger partial charge >= 0.3 is 0 Å². The second-order valence-corrected chi connectivity index (χ2v) is 8.83. The summed E-state index contributed by atoms with van der Waals surface area (Å²) in [5, 5.41) is 2.83. The van der Waals surface area contributed by atoms with Gasteiger partial charge in [0.15, 0.2) is 17.3 Å². The van der Waals surface area contributed by atoms with Crippen molar-refractivity contribution in [2.24, 2.45) is 0 Å². The first-order valence-corrected chi connectivity index (χ1v) is 11.7. The van der Waals surface area contributed by atoms with Crippen molar-refractivity contribution in [3.8, 4) is 11.5 Å². The van der Waals surface area contributed by atoms with E-state index in [-0.39, 0.29) is 36.6 Å². The van der Waals surface area contributed by atoms with E-state index in [4.69, 9.17) is 9.47 Å². The SMILES string of the molecule is CCCC(NC(=O)c1ccc2c(c1)OCO2)C(=O)N1CCC2C1C(=O)CN2C(=O)c1ccccn1. The van der Waals surface area contributed by atoms with E-state index in [1.165, 1.54) is 16.0 Å². The van der Waals surface area contributed by atoms with Crippen LogP contribution in [0, 0.1) is 0 Å². The van der Waals surface area contributed by atoms with Crippen molar-refractivity contribution in [1.82, 2.24) is 20.1 Å². The quantitative estimate of drug-likeness (QED) is 0.667. The zero-order valence-electron chi connectivity index (χ0n) is 19.3. The van der Waals surface area contributed by atoms with Crippen molar-refractivity contribution in [1.29, 1.82) is 0 Å². The fraction of sp³-hybridized carbons (Fsp3) is 0.400. The molecule has 3 unspecified atom stereocenters. The molecule has 0 spiro atoms. The average Bonchev–Trinajstić information content (AvgIpc) is 3.60. The second kappa shape index (κ2) is 9.36. The smallest absolute Gasteiger partial charge is 0.273 e. The molecule has 4 heterocycles. The van der Waals surface area contributed by atoms with E-state index in [0.717, 1.165) is 0 Å². The Labute approximate surface area is 202 Å². The number of ketones is 1. The van der Waals surface area contributed by atoms with Crippen LogP contribution in [-0.4, -0.2) is 76.3 Å². The molecule has 10 heteroatoms. The Morgan fingerprint density at radius 1 is 1.14 bits per heavy atom. The zero-order chi connectivity index (χ0) is 24.5. The monoisotopic (exact) mass is 478 g/mol. The van der Waals surface area contributed by atoms with Gasteiger partial charge in [0.25, 0.3) is 11.8 Å². The number of nitrogens with one attached hydrogen (secondary N) is 1. The van der Waals surface area contributed by atoms with Gasteiger partial charge in [-0.25, -0.2) is 0 Å². The minimum atomic E-state index is -0.787. The molecule has 3 atom stereocenters. The molecule has 0 bridgehead atoms.